The first-order valence-electron chi connectivity index (χ1n) is 9.06. The third-order valence-electron chi connectivity index (χ3n) is 4.52. The van der Waals surface area contributed by atoms with E-state index in [-0.39, 0.29) is 16.6 Å². The summed E-state index contributed by atoms with van der Waals surface area (Å²) >= 11 is 0. The average molecular weight is 406 g/mol. The molecule has 7 heteroatoms. The van der Waals surface area contributed by atoms with E-state index in [4.69, 9.17) is 4.42 Å². The van der Waals surface area contributed by atoms with Gasteiger partial charge in [0.2, 0.25) is 5.89 Å². The zero-order valence-corrected chi connectivity index (χ0v) is 16.4. The van der Waals surface area contributed by atoms with Gasteiger partial charge in [0.1, 0.15) is 5.52 Å². The van der Waals surface area contributed by atoms with Crippen LogP contribution in [-0.4, -0.2) is 25.1 Å². The number of hydrogen-bond acceptors (Lipinski definition) is 5. The maximum atomic E-state index is 12.5. The Hall–Kier alpha value is -3.45. The lowest BCUT2D eigenvalue weighted by Gasteiger charge is -2.07. The number of carbonyl (C=O) groups is 1. The smallest absolute Gasteiger partial charge is 0.255 e. The highest BCUT2D eigenvalue weighted by Gasteiger charge is 2.14. The van der Waals surface area contributed by atoms with Crippen LogP contribution in [-0.2, 0) is 9.84 Å². The van der Waals surface area contributed by atoms with Crippen LogP contribution in [0.2, 0.25) is 0 Å². The van der Waals surface area contributed by atoms with Crippen molar-refractivity contribution < 1.29 is 17.6 Å². The van der Waals surface area contributed by atoms with Crippen LogP contribution in [0, 0.1) is 0 Å². The van der Waals surface area contributed by atoms with Crippen LogP contribution in [0.5, 0.6) is 0 Å². The lowest BCUT2D eigenvalue weighted by atomic mass is 10.1. The van der Waals surface area contributed by atoms with Crippen molar-refractivity contribution in [1.82, 2.24) is 4.98 Å². The summed E-state index contributed by atoms with van der Waals surface area (Å²) in [6.45, 7) is 1.58. The number of nitrogens with zero attached hydrogens (tertiary/aromatic N) is 1. The molecule has 4 rings (SSSR count). The second-order valence-corrected chi connectivity index (χ2v) is 8.73. The third-order valence-corrected chi connectivity index (χ3v) is 6.27. The molecule has 6 nitrogen and oxygen atoms in total. The number of carbonyl (C=O) groups excluding carboxylic acids is 1. The molecule has 1 N–H and O–H groups in total. The summed E-state index contributed by atoms with van der Waals surface area (Å²) in [4.78, 5) is 17.2. The lowest BCUT2D eigenvalue weighted by Crippen LogP contribution is -2.12. The molecule has 1 heterocycles. The first-order valence-corrected chi connectivity index (χ1v) is 10.7. The molecule has 0 saturated carbocycles. The van der Waals surface area contributed by atoms with Gasteiger partial charge >= 0.3 is 0 Å². The molecule has 3 aromatic carbocycles. The number of nitrogens with one attached hydrogen (secondary N) is 1. The van der Waals surface area contributed by atoms with Gasteiger partial charge in [-0.15, -0.1) is 0 Å². The normalized spacial score (nSPS) is 11.5. The predicted molar refractivity (Wildman–Crippen MR) is 112 cm³/mol. The summed E-state index contributed by atoms with van der Waals surface area (Å²) < 4.78 is 29.6. The summed E-state index contributed by atoms with van der Waals surface area (Å²) in [6.07, 6.45) is 0. The van der Waals surface area contributed by atoms with Gasteiger partial charge in [-0.3, -0.25) is 4.79 Å². The number of aromatic nitrogens is 1. The minimum absolute atomic E-state index is 0.0150. The quantitative estimate of drug-likeness (QED) is 0.525. The molecule has 29 heavy (non-hydrogen) atoms. The summed E-state index contributed by atoms with van der Waals surface area (Å²) in [7, 11) is -3.30. The van der Waals surface area contributed by atoms with Crippen molar-refractivity contribution in [3.05, 3.63) is 78.4 Å². The molecule has 0 unspecified atom stereocenters. The van der Waals surface area contributed by atoms with Crippen LogP contribution in [0.15, 0.2) is 82.1 Å². The molecule has 1 amide bonds. The lowest BCUT2D eigenvalue weighted by molar-refractivity contribution is 0.102. The van der Waals surface area contributed by atoms with E-state index in [1.54, 1.807) is 25.1 Å². The number of oxazole rings is 1. The number of rotatable bonds is 5. The van der Waals surface area contributed by atoms with Gasteiger partial charge in [-0.2, -0.15) is 0 Å². The molecule has 0 spiro atoms. The first kappa shape index (κ1) is 18.9. The van der Waals surface area contributed by atoms with Gasteiger partial charge in [0.25, 0.3) is 5.91 Å². The zero-order chi connectivity index (χ0) is 20.4. The number of hydrogen-bond donors (Lipinski definition) is 1. The van der Waals surface area contributed by atoms with Crippen LogP contribution in [0.4, 0.5) is 5.69 Å². The molecule has 0 aliphatic rings. The molecule has 4 aromatic rings. The monoisotopic (exact) mass is 406 g/mol. The van der Waals surface area contributed by atoms with E-state index in [0.29, 0.717) is 22.7 Å². The first-order chi connectivity index (χ1) is 14.0. The molecule has 0 aliphatic heterocycles. The molecule has 146 valence electrons. The van der Waals surface area contributed by atoms with Crippen molar-refractivity contribution in [3.8, 4) is 11.5 Å². The Morgan fingerprint density at radius 1 is 1.00 bits per heavy atom. The second kappa shape index (κ2) is 7.52. The van der Waals surface area contributed by atoms with E-state index in [9.17, 15) is 13.2 Å². The van der Waals surface area contributed by atoms with Crippen LogP contribution >= 0.6 is 0 Å². The van der Waals surface area contributed by atoms with E-state index in [0.717, 1.165) is 11.1 Å². The minimum atomic E-state index is -3.30. The topological polar surface area (TPSA) is 89.3 Å². The van der Waals surface area contributed by atoms with Crippen molar-refractivity contribution in [1.29, 1.82) is 0 Å². The van der Waals surface area contributed by atoms with Gasteiger partial charge in [-0.25, -0.2) is 13.4 Å². The molecule has 0 fully saturated rings. The number of sulfone groups is 1. The van der Waals surface area contributed by atoms with Gasteiger partial charge in [0.15, 0.2) is 15.4 Å². The maximum absolute atomic E-state index is 12.5. The Morgan fingerprint density at radius 2 is 1.76 bits per heavy atom. The van der Waals surface area contributed by atoms with Crippen LogP contribution < -0.4 is 5.32 Å². The predicted octanol–water partition coefficient (Wildman–Crippen LogP) is 4.54. The van der Waals surface area contributed by atoms with Crippen molar-refractivity contribution in [3.63, 3.8) is 0 Å². The molecular formula is C22H18N2O4S. The van der Waals surface area contributed by atoms with Crippen LogP contribution in [0.3, 0.4) is 0 Å². The summed E-state index contributed by atoms with van der Waals surface area (Å²) in [5, 5.41) is 2.82. The minimum Gasteiger partial charge on any atom is -0.436 e. The van der Waals surface area contributed by atoms with Crippen molar-refractivity contribution >= 4 is 32.5 Å². The van der Waals surface area contributed by atoms with E-state index >= 15 is 0 Å². The number of fused-ring (bicyclic) bond motifs is 1. The Morgan fingerprint density at radius 3 is 2.48 bits per heavy atom. The largest absolute Gasteiger partial charge is 0.436 e. The van der Waals surface area contributed by atoms with Crippen molar-refractivity contribution in [2.24, 2.45) is 0 Å². The van der Waals surface area contributed by atoms with Crippen LogP contribution in [0.25, 0.3) is 22.6 Å². The highest BCUT2D eigenvalue weighted by molar-refractivity contribution is 7.91. The molecule has 0 radical (unpaired) electrons. The zero-order valence-electron chi connectivity index (χ0n) is 15.6. The number of para-hydroxylation sites is 2. The molecule has 0 bridgehead atoms. The SMILES string of the molecule is CCS(=O)(=O)c1ccc(C(=O)Nc2cccc(-c3nc4ccccc4o3)c2)cc1. The molecule has 0 aliphatic carbocycles. The Labute approximate surface area is 168 Å². The Kier molecular flexibility index (Phi) is 4.90. The number of anilines is 1. The maximum Gasteiger partial charge on any atom is 0.255 e. The van der Waals surface area contributed by atoms with E-state index < -0.39 is 9.84 Å². The molecular weight excluding hydrogens is 388 g/mol. The van der Waals surface area contributed by atoms with Crippen LogP contribution in [0.1, 0.15) is 17.3 Å². The summed E-state index contributed by atoms with van der Waals surface area (Å²) in [5.41, 5.74) is 3.15. The summed E-state index contributed by atoms with van der Waals surface area (Å²) in [6, 6.07) is 20.6. The number of amides is 1. The third kappa shape index (κ3) is 3.90. The van der Waals surface area contributed by atoms with Crippen molar-refractivity contribution in [2.45, 2.75) is 11.8 Å². The molecule has 0 saturated heterocycles. The van der Waals surface area contributed by atoms with Gasteiger partial charge in [-0.1, -0.05) is 25.1 Å². The van der Waals surface area contributed by atoms with E-state index in [2.05, 4.69) is 10.3 Å². The van der Waals surface area contributed by atoms with E-state index in [1.165, 1.54) is 24.3 Å². The second-order valence-electron chi connectivity index (χ2n) is 6.45. The van der Waals surface area contributed by atoms with Gasteiger partial charge in [-0.05, 0) is 54.6 Å². The highest BCUT2D eigenvalue weighted by Crippen LogP contribution is 2.26. The molecule has 1 aromatic heterocycles. The standard InChI is InChI=1S/C22H18N2O4S/c1-2-29(26,27)18-12-10-15(11-13-18)21(25)23-17-7-5-6-16(14-17)22-24-19-8-3-4-9-20(19)28-22/h3-14H,2H2,1H3,(H,23,25). The van der Waals surface area contributed by atoms with Gasteiger partial charge in [0.05, 0.1) is 10.6 Å². The molecule has 0 atom stereocenters. The van der Waals surface area contributed by atoms with E-state index in [1.807, 2.05) is 30.3 Å². The summed E-state index contributed by atoms with van der Waals surface area (Å²) in [5.74, 6) is 0.151. The Balaban J connectivity index is 1.55. The average Bonchev–Trinajstić information content (AvgIpc) is 3.18. The number of benzene rings is 3. The van der Waals surface area contributed by atoms with Crippen molar-refractivity contribution in [2.75, 3.05) is 11.1 Å². The highest BCUT2D eigenvalue weighted by atomic mass is 32.2. The fourth-order valence-electron chi connectivity index (χ4n) is 2.91. The Bertz CT molecular complexity index is 1260. The van der Waals surface area contributed by atoms with Gasteiger partial charge < -0.3 is 9.73 Å². The fraction of sp³-hybridized carbons (Fsp3) is 0.0909. The fourth-order valence-corrected chi connectivity index (χ4v) is 3.79. The van der Waals surface area contributed by atoms with Gasteiger partial charge in [0, 0.05) is 16.8 Å².